The number of hydrogen-bond donors (Lipinski definition) is 0. The molecule has 1 unspecified atom stereocenters. The molecule has 1 fully saturated rings. The maximum atomic E-state index is 4.33. The lowest BCUT2D eigenvalue weighted by atomic mass is 9.90. The monoisotopic (exact) mass is 280 g/mol. The van der Waals surface area contributed by atoms with E-state index in [2.05, 4.69) is 53.2 Å². The molecular formula is C19H24N2. The SMILES string of the molecule is CCC1CCN(C(c2ccccc2)c2cccnc2)CC1. The number of nitrogens with zero attached hydrogens (tertiary/aromatic N) is 2. The van der Waals surface area contributed by atoms with E-state index < -0.39 is 0 Å². The van der Waals surface area contributed by atoms with E-state index in [-0.39, 0.29) is 0 Å². The van der Waals surface area contributed by atoms with E-state index >= 15 is 0 Å². The minimum atomic E-state index is 0.345. The number of hydrogen-bond acceptors (Lipinski definition) is 2. The first-order valence-electron chi connectivity index (χ1n) is 8.07. The molecule has 1 atom stereocenters. The van der Waals surface area contributed by atoms with Crippen LogP contribution in [-0.4, -0.2) is 23.0 Å². The molecule has 1 aliphatic rings. The van der Waals surface area contributed by atoms with E-state index in [1.807, 2.05) is 18.5 Å². The van der Waals surface area contributed by atoms with Crippen LogP contribution in [0.3, 0.4) is 0 Å². The Morgan fingerprint density at radius 2 is 1.76 bits per heavy atom. The van der Waals surface area contributed by atoms with Crippen LogP contribution in [0.5, 0.6) is 0 Å². The quantitative estimate of drug-likeness (QED) is 0.830. The predicted octanol–water partition coefficient (Wildman–Crippen LogP) is 4.29. The van der Waals surface area contributed by atoms with E-state index in [1.165, 1.54) is 43.5 Å². The van der Waals surface area contributed by atoms with Crippen LogP contribution < -0.4 is 0 Å². The summed E-state index contributed by atoms with van der Waals surface area (Å²) < 4.78 is 0. The third-order valence-electron chi connectivity index (χ3n) is 4.71. The second-order valence-electron chi connectivity index (χ2n) is 5.99. The Morgan fingerprint density at radius 1 is 1.05 bits per heavy atom. The van der Waals surface area contributed by atoms with Crippen molar-refractivity contribution in [1.29, 1.82) is 0 Å². The average molecular weight is 280 g/mol. The van der Waals surface area contributed by atoms with Crippen molar-refractivity contribution >= 4 is 0 Å². The lowest BCUT2D eigenvalue weighted by Crippen LogP contribution is -2.37. The van der Waals surface area contributed by atoms with Crippen molar-refractivity contribution in [1.82, 2.24) is 9.88 Å². The first-order valence-corrected chi connectivity index (χ1v) is 8.07. The highest BCUT2D eigenvalue weighted by atomic mass is 15.2. The van der Waals surface area contributed by atoms with Crippen molar-refractivity contribution < 1.29 is 0 Å². The van der Waals surface area contributed by atoms with Crippen molar-refractivity contribution in [2.75, 3.05) is 13.1 Å². The topological polar surface area (TPSA) is 16.1 Å². The van der Waals surface area contributed by atoms with Gasteiger partial charge in [0, 0.05) is 12.4 Å². The molecule has 2 heteroatoms. The fraction of sp³-hybridized carbons (Fsp3) is 0.421. The highest BCUT2D eigenvalue weighted by Crippen LogP contribution is 2.32. The Morgan fingerprint density at radius 3 is 2.38 bits per heavy atom. The summed E-state index contributed by atoms with van der Waals surface area (Å²) in [5.41, 5.74) is 2.68. The van der Waals surface area contributed by atoms with Crippen LogP contribution in [0, 0.1) is 5.92 Å². The minimum absolute atomic E-state index is 0.345. The summed E-state index contributed by atoms with van der Waals surface area (Å²) in [6.45, 7) is 4.69. The molecule has 2 nitrogen and oxygen atoms in total. The molecule has 110 valence electrons. The molecule has 0 amide bonds. The van der Waals surface area contributed by atoms with E-state index in [0.29, 0.717) is 6.04 Å². The molecule has 1 aromatic carbocycles. The summed E-state index contributed by atoms with van der Waals surface area (Å²) in [7, 11) is 0. The summed E-state index contributed by atoms with van der Waals surface area (Å²) >= 11 is 0. The fourth-order valence-electron chi connectivity index (χ4n) is 3.41. The zero-order valence-corrected chi connectivity index (χ0v) is 12.8. The smallest absolute Gasteiger partial charge is 0.0617 e. The third kappa shape index (κ3) is 3.33. The summed E-state index contributed by atoms with van der Waals surface area (Å²) in [6.07, 6.45) is 7.83. The average Bonchev–Trinajstić information content (AvgIpc) is 2.58. The highest BCUT2D eigenvalue weighted by molar-refractivity contribution is 5.30. The molecule has 1 aromatic heterocycles. The van der Waals surface area contributed by atoms with Crippen LogP contribution >= 0.6 is 0 Å². The van der Waals surface area contributed by atoms with Crippen LogP contribution in [-0.2, 0) is 0 Å². The zero-order chi connectivity index (χ0) is 14.5. The Balaban J connectivity index is 1.87. The van der Waals surface area contributed by atoms with Gasteiger partial charge in [0.15, 0.2) is 0 Å². The van der Waals surface area contributed by atoms with Gasteiger partial charge in [0.25, 0.3) is 0 Å². The first-order chi connectivity index (χ1) is 10.4. The first kappa shape index (κ1) is 14.3. The number of likely N-dealkylation sites (tertiary alicyclic amines) is 1. The van der Waals surface area contributed by atoms with Crippen molar-refractivity contribution in [3.8, 4) is 0 Å². The van der Waals surface area contributed by atoms with Crippen LogP contribution in [0.2, 0.25) is 0 Å². The van der Waals surface area contributed by atoms with Crippen molar-refractivity contribution in [2.45, 2.75) is 32.2 Å². The van der Waals surface area contributed by atoms with Gasteiger partial charge in [-0.2, -0.15) is 0 Å². The van der Waals surface area contributed by atoms with Gasteiger partial charge in [-0.25, -0.2) is 0 Å². The molecule has 0 N–H and O–H groups in total. The number of pyridine rings is 1. The van der Waals surface area contributed by atoms with Gasteiger partial charge in [0.05, 0.1) is 6.04 Å². The van der Waals surface area contributed by atoms with Crippen LogP contribution in [0.15, 0.2) is 54.9 Å². The molecule has 0 aliphatic carbocycles. The van der Waals surface area contributed by atoms with Gasteiger partial charge in [-0.1, -0.05) is 49.7 Å². The molecule has 0 spiro atoms. The molecule has 0 radical (unpaired) electrons. The summed E-state index contributed by atoms with van der Waals surface area (Å²) in [6, 6.07) is 15.4. The summed E-state index contributed by atoms with van der Waals surface area (Å²) in [4.78, 5) is 6.95. The van der Waals surface area contributed by atoms with E-state index in [9.17, 15) is 0 Å². The van der Waals surface area contributed by atoms with Crippen molar-refractivity contribution in [2.24, 2.45) is 5.92 Å². The zero-order valence-electron chi connectivity index (χ0n) is 12.8. The molecule has 1 saturated heterocycles. The van der Waals surface area contributed by atoms with E-state index in [1.54, 1.807) is 0 Å². The summed E-state index contributed by atoms with van der Waals surface area (Å²) in [5, 5.41) is 0. The van der Waals surface area contributed by atoms with Crippen LogP contribution in [0.1, 0.15) is 43.4 Å². The van der Waals surface area contributed by atoms with E-state index in [4.69, 9.17) is 0 Å². The Labute approximate surface area is 127 Å². The van der Waals surface area contributed by atoms with Crippen molar-refractivity contribution in [3.63, 3.8) is 0 Å². The van der Waals surface area contributed by atoms with Gasteiger partial charge < -0.3 is 0 Å². The van der Waals surface area contributed by atoms with Gasteiger partial charge in [0.1, 0.15) is 0 Å². The Bertz CT molecular complexity index is 491. The molecule has 2 aromatic rings. The normalized spacial score (nSPS) is 18.5. The van der Waals surface area contributed by atoms with Gasteiger partial charge >= 0.3 is 0 Å². The Kier molecular flexibility index (Phi) is 4.66. The van der Waals surface area contributed by atoms with Gasteiger partial charge in [-0.15, -0.1) is 0 Å². The minimum Gasteiger partial charge on any atom is -0.292 e. The maximum absolute atomic E-state index is 4.33. The predicted molar refractivity (Wildman–Crippen MR) is 87.1 cm³/mol. The summed E-state index contributed by atoms with van der Waals surface area (Å²) in [5.74, 6) is 0.909. The number of aromatic nitrogens is 1. The molecule has 0 saturated carbocycles. The molecule has 3 rings (SSSR count). The molecule has 21 heavy (non-hydrogen) atoms. The Hall–Kier alpha value is -1.67. The van der Waals surface area contributed by atoms with Crippen molar-refractivity contribution in [3.05, 3.63) is 66.0 Å². The molecule has 0 bridgehead atoms. The molecule has 1 aliphatic heterocycles. The third-order valence-corrected chi connectivity index (χ3v) is 4.71. The standard InChI is InChI=1S/C19H24N2/c1-2-16-10-13-21(14-11-16)19(17-7-4-3-5-8-17)18-9-6-12-20-15-18/h3-9,12,15-16,19H,2,10-11,13-14H2,1H3. The van der Waals surface area contributed by atoms with Crippen LogP contribution in [0.25, 0.3) is 0 Å². The van der Waals surface area contributed by atoms with E-state index in [0.717, 1.165) is 5.92 Å². The fourth-order valence-corrected chi connectivity index (χ4v) is 3.41. The van der Waals surface area contributed by atoms with Gasteiger partial charge in [-0.05, 0) is 49.0 Å². The largest absolute Gasteiger partial charge is 0.292 e. The lowest BCUT2D eigenvalue weighted by Gasteiger charge is -2.37. The second kappa shape index (κ2) is 6.86. The van der Waals surface area contributed by atoms with Gasteiger partial charge in [-0.3, -0.25) is 9.88 Å². The van der Waals surface area contributed by atoms with Crippen LogP contribution in [0.4, 0.5) is 0 Å². The molecule has 2 heterocycles. The maximum Gasteiger partial charge on any atom is 0.0617 e. The van der Waals surface area contributed by atoms with Gasteiger partial charge in [0.2, 0.25) is 0 Å². The number of benzene rings is 1. The second-order valence-corrected chi connectivity index (χ2v) is 5.99. The number of piperidine rings is 1. The lowest BCUT2D eigenvalue weighted by molar-refractivity contribution is 0.149. The highest BCUT2D eigenvalue weighted by Gasteiger charge is 2.26. The molecular weight excluding hydrogens is 256 g/mol. The number of rotatable bonds is 4.